The van der Waals surface area contributed by atoms with E-state index in [9.17, 15) is 15.3 Å². The Hall–Kier alpha value is -2.23. The SMILES string of the molecule is Cc1ccc(O)c(CCc2ccc(O)c(O)c2)n1. The predicted octanol–water partition coefficient (Wildman–Crippen LogP) is 2.29. The zero-order valence-electron chi connectivity index (χ0n) is 10.1. The number of aromatic hydroxyl groups is 3. The third-order valence-electron chi connectivity index (χ3n) is 2.78. The summed E-state index contributed by atoms with van der Waals surface area (Å²) in [6.07, 6.45) is 1.22. The average Bonchev–Trinajstić information content (AvgIpc) is 2.34. The third-order valence-corrected chi connectivity index (χ3v) is 2.78. The van der Waals surface area contributed by atoms with Crippen LogP contribution in [0.25, 0.3) is 0 Å². The molecule has 0 atom stereocenters. The highest BCUT2D eigenvalue weighted by Crippen LogP contribution is 2.26. The summed E-state index contributed by atoms with van der Waals surface area (Å²) in [5.41, 5.74) is 2.38. The molecule has 0 bridgehead atoms. The van der Waals surface area contributed by atoms with E-state index in [4.69, 9.17) is 0 Å². The molecule has 0 amide bonds. The van der Waals surface area contributed by atoms with Gasteiger partial charge in [-0.25, -0.2) is 0 Å². The van der Waals surface area contributed by atoms with Gasteiger partial charge >= 0.3 is 0 Å². The summed E-state index contributed by atoms with van der Waals surface area (Å²) in [6, 6.07) is 8.09. The quantitative estimate of drug-likeness (QED) is 0.725. The van der Waals surface area contributed by atoms with Crippen LogP contribution in [0.1, 0.15) is 17.0 Å². The summed E-state index contributed by atoms with van der Waals surface area (Å²) in [7, 11) is 0. The number of nitrogens with zero attached hydrogens (tertiary/aromatic N) is 1. The number of pyridine rings is 1. The molecule has 0 unspecified atom stereocenters. The fourth-order valence-electron chi connectivity index (χ4n) is 1.77. The molecular weight excluding hydrogens is 230 g/mol. The van der Waals surface area contributed by atoms with Crippen LogP contribution in [0.15, 0.2) is 30.3 Å². The number of phenols is 2. The molecule has 0 saturated heterocycles. The Bertz CT molecular complexity index is 567. The molecule has 2 rings (SSSR count). The van der Waals surface area contributed by atoms with E-state index in [2.05, 4.69) is 4.98 Å². The van der Waals surface area contributed by atoms with E-state index in [1.807, 2.05) is 6.92 Å². The molecule has 0 aliphatic rings. The minimum absolute atomic E-state index is 0.129. The largest absolute Gasteiger partial charge is 0.506 e. The molecule has 4 nitrogen and oxygen atoms in total. The van der Waals surface area contributed by atoms with Crippen molar-refractivity contribution in [3.05, 3.63) is 47.3 Å². The Morgan fingerprint density at radius 1 is 0.889 bits per heavy atom. The molecule has 2 aromatic rings. The first-order valence-electron chi connectivity index (χ1n) is 5.72. The Balaban J connectivity index is 2.11. The van der Waals surface area contributed by atoms with Gasteiger partial charge in [-0.15, -0.1) is 0 Å². The Kier molecular flexibility index (Phi) is 3.37. The molecule has 1 aromatic carbocycles. The lowest BCUT2D eigenvalue weighted by Gasteiger charge is -2.06. The van der Waals surface area contributed by atoms with Crippen molar-refractivity contribution in [2.24, 2.45) is 0 Å². The number of hydrogen-bond acceptors (Lipinski definition) is 4. The zero-order valence-corrected chi connectivity index (χ0v) is 10.1. The second kappa shape index (κ2) is 4.96. The lowest BCUT2D eigenvalue weighted by Crippen LogP contribution is -1.96. The van der Waals surface area contributed by atoms with Gasteiger partial charge in [0.05, 0.1) is 5.69 Å². The molecule has 4 heteroatoms. The highest BCUT2D eigenvalue weighted by Gasteiger charge is 2.05. The van der Waals surface area contributed by atoms with Crippen molar-refractivity contribution >= 4 is 0 Å². The topological polar surface area (TPSA) is 73.6 Å². The maximum absolute atomic E-state index is 9.66. The van der Waals surface area contributed by atoms with Crippen molar-refractivity contribution in [2.75, 3.05) is 0 Å². The van der Waals surface area contributed by atoms with E-state index in [0.29, 0.717) is 18.5 Å². The van der Waals surface area contributed by atoms with Gasteiger partial charge in [-0.3, -0.25) is 4.98 Å². The van der Waals surface area contributed by atoms with Gasteiger partial charge in [0.1, 0.15) is 5.75 Å². The van der Waals surface area contributed by atoms with Crippen LogP contribution in [0, 0.1) is 6.92 Å². The summed E-state index contributed by atoms with van der Waals surface area (Å²) in [5.74, 6) is -0.0761. The van der Waals surface area contributed by atoms with Crippen molar-refractivity contribution < 1.29 is 15.3 Å². The molecule has 94 valence electrons. The van der Waals surface area contributed by atoms with Gasteiger partial charge in [-0.2, -0.15) is 0 Å². The van der Waals surface area contributed by atoms with Crippen LogP contribution in [0.2, 0.25) is 0 Å². The van der Waals surface area contributed by atoms with Crippen molar-refractivity contribution in [3.63, 3.8) is 0 Å². The molecule has 1 heterocycles. The molecule has 18 heavy (non-hydrogen) atoms. The lowest BCUT2D eigenvalue weighted by molar-refractivity contribution is 0.403. The summed E-state index contributed by atoms with van der Waals surface area (Å²) in [4.78, 5) is 4.27. The first-order chi connectivity index (χ1) is 8.56. The predicted molar refractivity (Wildman–Crippen MR) is 67.8 cm³/mol. The molecule has 0 radical (unpaired) electrons. The summed E-state index contributed by atoms with van der Waals surface area (Å²) >= 11 is 0. The van der Waals surface area contributed by atoms with Gasteiger partial charge in [-0.1, -0.05) is 6.07 Å². The average molecular weight is 245 g/mol. The normalized spacial score (nSPS) is 10.5. The van der Waals surface area contributed by atoms with Crippen LogP contribution < -0.4 is 0 Å². The van der Waals surface area contributed by atoms with Crippen molar-refractivity contribution in [3.8, 4) is 17.2 Å². The standard InChI is InChI=1S/C14H15NO3/c1-9-2-6-12(16)11(15-9)5-3-10-4-7-13(17)14(18)8-10/h2,4,6-8,16-18H,3,5H2,1H3. The summed E-state index contributed by atoms with van der Waals surface area (Å²) in [6.45, 7) is 1.87. The molecule has 1 aromatic heterocycles. The number of aryl methyl sites for hydroxylation is 3. The third kappa shape index (κ3) is 2.71. The molecule has 0 fully saturated rings. The van der Waals surface area contributed by atoms with Gasteiger partial charge in [-0.05, 0) is 49.6 Å². The fraction of sp³-hybridized carbons (Fsp3) is 0.214. The van der Waals surface area contributed by atoms with E-state index < -0.39 is 0 Å². The monoisotopic (exact) mass is 245 g/mol. The van der Waals surface area contributed by atoms with Gasteiger partial charge in [0, 0.05) is 5.69 Å². The first-order valence-corrected chi connectivity index (χ1v) is 5.72. The molecule has 0 aliphatic carbocycles. The molecular formula is C14H15NO3. The van der Waals surface area contributed by atoms with Crippen LogP contribution >= 0.6 is 0 Å². The summed E-state index contributed by atoms with van der Waals surface area (Å²) in [5, 5.41) is 28.2. The van der Waals surface area contributed by atoms with Gasteiger partial charge in [0.25, 0.3) is 0 Å². The van der Waals surface area contributed by atoms with Crippen LogP contribution in [-0.2, 0) is 12.8 Å². The highest BCUT2D eigenvalue weighted by molar-refractivity contribution is 5.41. The van der Waals surface area contributed by atoms with E-state index >= 15 is 0 Å². The van der Waals surface area contributed by atoms with Crippen molar-refractivity contribution in [1.29, 1.82) is 0 Å². The fourth-order valence-corrected chi connectivity index (χ4v) is 1.77. The van der Waals surface area contributed by atoms with Crippen LogP contribution in [0.5, 0.6) is 17.2 Å². The van der Waals surface area contributed by atoms with Gasteiger partial charge in [0.15, 0.2) is 11.5 Å². The maximum atomic E-state index is 9.66. The van der Waals surface area contributed by atoms with E-state index in [-0.39, 0.29) is 17.2 Å². The minimum Gasteiger partial charge on any atom is -0.506 e. The Morgan fingerprint density at radius 3 is 2.33 bits per heavy atom. The van der Waals surface area contributed by atoms with Gasteiger partial charge in [0.2, 0.25) is 0 Å². The summed E-state index contributed by atoms with van der Waals surface area (Å²) < 4.78 is 0. The Morgan fingerprint density at radius 2 is 1.61 bits per heavy atom. The highest BCUT2D eigenvalue weighted by atomic mass is 16.3. The minimum atomic E-state index is -0.131. The Labute approximate surface area is 105 Å². The number of benzene rings is 1. The number of phenolic OH excluding ortho intramolecular Hbond substituents is 2. The van der Waals surface area contributed by atoms with E-state index in [1.165, 1.54) is 12.1 Å². The van der Waals surface area contributed by atoms with Crippen molar-refractivity contribution in [1.82, 2.24) is 4.98 Å². The zero-order chi connectivity index (χ0) is 13.1. The second-order valence-corrected chi connectivity index (χ2v) is 4.24. The number of rotatable bonds is 3. The van der Waals surface area contributed by atoms with Gasteiger partial charge < -0.3 is 15.3 Å². The van der Waals surface area contributed by atoms with Crippen LogP contribution in [-0.4, -0.2) is 20.3 Å². The first kappa shape index (κ1) is 12.2. The van der Waals surface area contributed by atoms with Crippen molar-refractivity contribution in [2.45, 2.75) is 19.8 Å². The molecule has 0 saturated carbocycles. The molecule has 3 N–H and O–H groups in total. The number of hydrogen-bond donors (Lipinski definition) is 3. The smallest absolute Gasteiger partial charge is 0.157 e. The van der Waals surface area contributed by atoms with E-state index in [1.54, 1.807) is 18.2 Å². The van der Waals surface area contributed by atoms with Crippen LogP contribution in [0.4, 0.5) is 0 Å². The maximum Gasteiger partial charge on any atom is 0.157 e. The number of aromatic nitrogens is 1. The van der Waals surface area contributed by atoms with E-state index in [0.717, 1.165) is 11.3 Å². The second-order valence-electron chi connectivity index (χ2n) is 4.24. The molecule has 0 aliphatic heterocycles. The van der Waals surface area contributed by atoms with Crippen LogP contribution in [0.3, 0.4) is 0 Å². The molecule has 0 spiro atoms. The lowest BCUT2D eigenvalue weighted by atomic mass is 10.1.